The average Bonchev–Trinajstić information content (AvgIpc) is 2.80. The van der Waals surface area contributed by atoms with E-state index in [1.807, 2.05) is 6.26 Å². The fourth-order valence-electron chi connectivity index (χ4n) is 1.24. The predicted octanol–water partition coefficient (Wildman–Crippen LogP) is 3.61. The van der Waals surface area contributed by atoms with Crippen LogP contribution >= 0.6 is 0 Å². The SMILES string of the molecule is CCCCCCCCC1=CO1. The molecule has 0 atom stereocenters. The van der Waals surface area contributed by atoms with Crippen LogP contribution in [0.4, 0.5) is 0 Å². The van der Waals surface area contributed by atoms with Gasteiger partial charge in [-0.2, -0.15) is 0 Å². The van der Waals surface area contributed by atoms with Crippen molar-refractivity contribution in [2.75, 3.05) is 0 Å². The monoisotopic (exact) mass is 154 g/mol. The Morgan fingerprint density at radius 2 is 1.73 bits per heavy atom. The zero-order chi connectivity index (χ0) is 7.94. The lowest BCUT2D eigenvalue weighted by molar-refractivity contribution is 0.470. The number of hydrogen-bond acceptors (Lipinski definition) is 1. The van der Waals surface area contributed by atoms with Gasteiger partial charge in [0.15, 0.2) is 0 Å². The van der Waals surface area contributed by atoms with E-state index in [1.54, 1.807) is 0 Å². The molecule has 0 radical (unpaired) electrons. The first-order valence-electron chi connectivity index (χ1n) is 4.79. The maximum Gasteiger partial charge on any atom is 0.138 e. The summed E-state index contributed by atoms with van der Waals surface area (Å²) in [6.07, 6.45) is 11.3. The number of allylic oxidation sites excluding steroid dienone is 1. The molecule has 1 heterocycles. The molecule has 11 heavy (non-hydrogen) atoms. The minimum absolute atomic E-state index is 1.17. The fraction of sp³-hybridized carbons (Fsp3) is 0.800. The summed E-state index contributed by atoms with van der Waals surface area (Å²) in [5.41, 5.74) is 0. The lowest BCUT2D eigenvalue weighted by Crippen LogP contribution is -1.78. The van der Waals surface area contributed by atoms with Crippen molar-refractivity contribution in [3.05, 3.63) is 12.0 Å². The van der Waals surface area contributed by atoms with Gasteiger partial charge in [0, 0.05) is 6.42 Å². The van der Waals surface area contributed by atoms with Crippen molar-refractivity contribution in [3.8, 4) is 0 Å². The maximum atomic E-state index is 4.93. The molecular weight excluding hydrogens is 136 g/mol. The summed E-state index contributed by atoms with van der Waals surface area (Å²) < 4.78 is 4.93. The summed E-state index contributed by atoms with van der Waals surface area (Å²) in [6.45, 7) is 2.25. The molecule has 0 amide bonds. The summed E-state index contributed by atoms with van der Waals surface area (Å²) in [5, 5.41) is 0. The van der Waals surface area contributed by atoms with E-state index in [-0.39, 0.29) is 0 Å². The van der Waals surface area contributed by atoms with Gasteiger partial charge in [0.05, 0.1) is 0 Å². The van der Waals surface area contributed by atoms with Gasteiger partial charge >= 0.3 is 0 Å². The Morgan fingerprint density at radius 1 is 1.09 bits per heavy atom. The Kier molecular flexibility index (Phi) is 4.10. The van der Waals surface area contributed by atoms with Crippen LogP contribution in [0.25, 0.3) is 0 Å². The smallest absolute Gasteiger partial charge is 0.138 e. The van der Waals surface area contributed by atoms with E-state index in [4.69, 9.17) is 4.74 Å². The normalized spacial score (nSPS) is 14.1. The molecule has 0 fully saturated rings. The van der Waals surface area contributed by atoms with Gasteiger partial charge in [0.2, 0.25) is 0 Å². The molecule has 0 aromatic heterocycles. The topological polar surface area (TPSA) is 12.5 Å². The lowest BCUT2D eigenvalue weighted by atomic mass is 10.1. The minimum Gasteiger partial charge on any atom is -0.463 e. The number of hydrogen-bond donors (Lipinski definition) is 0. The van der Waals surface area contributed by atoms with Crippen LogP contribution in [0.5, 0.6) is 0 Å². The van der Waals surface area contributed by atoms with Crippen LogP contribution in [0.2, 0.25) is 0 Å². The van der Waals surface area contributed by atoms with Gasteiger partial charge in [0.1, 0.15) is 12.0 Å². The fourth-order valence-corrected chi connectivity index (χ4v) is 1.24. The van der Waals surface area contributed by atoms with Gasteiger partial charge in [-0.25, -0.2) is 0 Å². The molecule has 0 N–H and O–H groups in total. The minimum atomic E-state index is 1.17. The lowest BCUT2D eigenvalue weighted by Gasteiger charge is -1.96. The van der Waals surface area contributed by atoms with Crippen LogP contribution in [0.3, 0.4) is 0 Å². The third kappa shape index (κ3) is 4.88. The van der Waals surface area contributed by atoms with E-state index in [0.29, 0.717) is 0 Å². The van der Waals surface area contributed by atoms with E-state index in [1.165, 1.54) is 50.7 Å². The molecule has 1 rings (SSSR count). The molecule has 0 aromatic carbocycles. The molecular formula is C10H18O. The van der Waals surface area contributed by atoms with Crippen molar-refractivity contribution in [2.45, 2.75) is 51.9 Å². The molecule has 1 nitrogen and oxygen atoms in total. The van der Waals surface area contributed by atoms with Gasteiger partial charge in [-0.15, -0.1) is 0 Å². The second-order valence-electron chi connectivity index (χ2n) is 3.22. The molecule has 1 heteroatoms. The Balaban J connectivity index is 1.69. The van der Waals surface area contributed by atoms with Gasteiger partial charge in [0.25, 0.3) is 0 Å². The summed E-state index contributed by atoms with van der Waals surface area (Å²) in [5.74, 6) is 1.21. The largest absolute Gasteiger partial charge is 0.463 e. The highest BCUT2D eigenvalue weighted by atomic mass is 16.5. The first-order valence-corrected chi connectivity index (χ1v) is 4.79. The van der Waals surface area contributed by atoms with E-state index in [2.05, 4.69) is 6.92 Å². The van der Waals surface area contributed by atoms with Crippen molar-refractivity contribution >= 4 is 0 Å². The van der Waals surface area contributed by atoms with Crippen LogP contribution in [0.15, 0.2) is 12.0 Å². The summed E-state index contributed by atoms with van der Waals surface area (Å²) in [7, 11) is 0. The van der Waals surface area contributed by atoms with Gasteiger partial charge in [-0.3, -0.25) is 0 Å². The molecule has 0 aromatic rings. The van der Waals surface area contributed by atoms with Gasteiger partial charge < -0.3 is 4.74 Å². The Hall–Kier alpha value is -0.460. The first-order chi connectivity index (χ1) is 5.43. The predicted molar refractivity (Wildman–Crippen MR) is 47.2 cm³/mol. The highest BCUT2D eigenvalue weighted by Crippen LogP contribution is 2.20. The Bertz CT molecular complexity index is 127. The van der Waals surface area contributed by atoms with E-state index >= 15 is 0 Å². The number of rotatable bonds is 7. The molecule has 64 valence electrons. The number of unbranched alkanes of at least 4 members (excludes halogenated alkanes) is 5. The third-order valence-corrected chi connectivity index (χ3v) is 2.06. The standard InChI is InChI=1S/C10H18O/c1-2-3-4-5-6-7-8-10-9-11-10/h9H,2-8H2,1H3. The molecule has 0 spiro atoms. The zero-order valence-corrected chi connectivity index (χ0v) is 7.44. The molecule has 1 aliphatic heterocycles. The molecule has 0 saturated carbocycles. The summed E-state index contributed by atoms with van der Waals surface area (Å²) >= 11 is 0. The van der Waals surface area contributed by atoms with Gasteiger partial charge in [-0.05, 0) is 6.42 Å². The third-order valence-electron chi connectivity index (χ3n) is 2.06. The molecule has 1 aliphatic rings. The van der Waals surface area contributed by atoms with Crippen molar-refractivity contribution < 1.29 is 4.74 Å². The van der Waals surface area contributed by atoms with Crippen molar-refractivity contribution in [1.82, 2.24) is 0 Å². The molecule has 0 unspecified atom stereocenters. The second kappa shape index (κ2) is 5.22. The van der Waals surface area contributed by atoms with Crippen molar-refractivity contribution in [2.24, 2.45) is 0 Å². The highest BCUT2D eigenvalue weighted by molar-refractivity contribution is 5.01. The average molecular weight is 154 g/mol. The highest BCUT2D eigenvalue weighted by Gasteiger charge is 2.07. The second-order valence-corrected chi connectivity index (χ2v) is 3.22. The van der Waals surface area contributed by atoms with Crippen LogP contribution in [0.1, 0.15) is 51.9 Å². The van der Waals surface area contributed by atoms with Gasteiger partial charge in [-0.1, -0.05) is 39.0 Å². The van der Waals surface area contributed by atoms with Crippen molar-refractivity contribution in [3.63, 3.8) is 0 Å². The maximum absolute atomic E-state index is 4.93. The molecule has 0 bridgehead atoms. The van der Waals surface area contributed by atoms with E-state index in [9.17, 15) is 0 Å². The van der Waals surface area contributed by atoms with Crippen LogP contribution in [-0.2, 0) is 4.74 Å². The first kappa shape index (κ1) is 8.63. The Morgan fingerprint density at radius 3 is 2.36 bits per heavy atom. The van der Waals surface area contributed by atoms with Crippen LogP contribution < -0.4 is 0 Å². The van der Waals surface area contributed by atoms with E-state index in [0.717, 1.165) is 0 Å². The number of ether oxygens (including phenoxy) is 1. The molecule has 0 aliphatic carbocycles. The van der Waals surface area contributed by atoms with E-state index < -0.39 is 0 Å². The summed E-state index contributed by atoms with van der Waals surface area (Å²) in [6, 6.07) is 0. The zero-order valence-electron chi connectivity index (χ0n) is 7.44. The quantitative estimate of drug-likeness (QED) is 0.510. The Labute approximate surface area is 69.4 Å². The molecule has 0 saturated heterocycles. The van der Waals surface area contributed by atoms with Crippen LogP contribution in [0, 0.1) is 0 Å². The summed E-state index contributed by atoms with van der Waals surface area (Å²) in [4.78, 5) is 0. The van der Waals surface area contributed by atoms with Crippen molar-refractivity contribution in [1.29, 1.82) is 0 Å². The van der Waals surface area contributed by atoms with Crippen LogP contribution in [-0.4, -0.2) is 0 Å².